The van der Waals surface area contributed by atoms with E-state index in [2.05, 4.69) is 27.7 Å². The summed E-state index contributed by atoms with van der Waals surface area (Å²) in [6.45, 7) is 8.25. The molecule has 1 aromatic rings. The normalized spacial score (nSPS) is 13.7. The highest BCUT2D eigenvalue weighted by Crippen LogP contribution is 2.35. The molecule has 0 saturated heterocycles. The van der Waals surface area contributed by atoms with Gasteiger partial charge in [-0.3, -0.25) is 9.59 Å². The molecule has 1 aromatic carbocycles. The quantitative estimate of drug-likeness (QED) is 0.479. The summed E-state index contributed by atoms with van der Waals surface area (Å²) in [6.07, 6.45) is 3.78. The van der Waals surface area contributed by atoms with Crippen LogP contribution >= 0.6 is 0 Å². The number of benzene rings is 1. The second-order valence-corrected chi connectivity index (χ2v) is 8.17. The van der Waals surface area contributed by atoms with Gasteiger partial charge in [0.05, 0.1) is 11.8 Å². The largest absolute Gasteiger partial charge is 0.481 e. The molecule has 5 heteroatoms. The fraction of sp³-hybridized carbons (Fsp3) is 0.636. The number of aliphatic carboxylic acids is 2. The van der Waals surface area contributed by atoms with Crippen LogP contribution in [0, 0.1) is 17.7 Å². The van der Waals surface area contributed by atoms with Gasteiger partial charge in [-0.25, -0.2) is 4.39 Å². The minimum atomic E-state index is -1.10. The zero-order valence-corrected chi connectivity index (χ0v) is 16.9. The standard InChI is InChI=1S/C22H33FO4/c1-14(2)8-5-11-17(21(24)25)16-10-7-13-19(23)20(16)18(22(26)27)12-6-9-15(3)4/h7,10,13-15,17-18H,5-6,8-9,11-12H2,1-4H3,(H,24,25)(H,26,27). The van der Waals surface area contributed by atoms with Crippen LogP contribution in [0.15, 0.2) is 18.2 Å². The van der Waals surface area contributed by atoms with Crippen molar-refractivity contribution in [1.82, 2.24) is 0 Å². The fourth-order valence-electron chi connectivity index (χ4n) is 3.49. The van der Waals surface area contributed by atoms with Gasteiger partial charge >= 0.3 is 11.9 Å². The molecular formula is C22H33FO4. The lowest BCUT2D eigenvalue weighted by Crippen LogP contribution is -2.20. The van der Waals surface area contributed by atoms with E-state index in [1.807, 2.05) is 0 Å². The lowest BCUT2D eigenvalue weighted by Gasteiger charge is -2.22. The van der Waals surface area contributed by atoms with Gasteiger partial charge in [0.1, 0.15) is 5.82 Å². The van der Waals surface area contributed by atoms with Gasteiger partial charge < -0.3 is 10.2 Å². The minimum absolute atomic E-state index is 0.0469. The van der Waals surface area contributed by atoms with E-state index in [1.165, 1.54) is 12.1 Å². The molecule has 0 radical (unpaired) electrons. The number of carboxylic acids is 2. The van der Waals surface area contributed by atoms with Crippen LogP contribution in [0.5, 0.6) is 0 Å². The number of carboxylic acid groups (broad SMARTS) is 2. The molecule has 2 N–H and O–H groups in total. The maximum atomic E-state index is 14.7. The van der Waals surface area contributed by atoms with Gasteiger partial charge in [0.25, 0.3) is 0 Å². The molecule has 0 aliphatic rings. The molecule has 2 atom stereocenters. The molecule has 0 fully saturated rings. The van der Waals surface area contributed by atoms with Crippen molar-refractivity contribution in [1.29, 1.82) is 0 Å². The van der Waals surface area contributed by atoms with Crippen LogP contribution in [0.25, 0.3) is 0 Å². The highest BCUT2D eigenvalue weighted by Gasteiger charge is 2.31. The lowest BCUT2D eigenvalue weighted by molar-refractivity contribution is -0.140. The monoisotopic (exact) mass is 380 g/mol. The molecule has 2 unspecified atom stereocenters. The number of rotatable bonds is 12. The van der Waals surface area contributed by atoms with Crippen molar-refractivity contribution in [3.8, 4) is 0 Å². The van der Waals surface area contributed by atoms with Crippen LogP contribution in [0.4, 0.5) is 4.39 Å². The Labute approximate surface area is 161 Å². The zero-order chi connectivity index (χ0) is 20.6. The Morgan fingerprint density at radius 2 is 1.33 bits per heavy atom. The Bertz CT molecular complexity index is 625. The van der Waals surface area contributed by atoms with Gasteiger partial charge in [-0.05, 0) is 36.3 Å². The van der Waals surface area contributed by atoms with Crippen molar-refractivity contribution >= 4 is 11.9 Å². The lowest BCUT2D eigenvalue weighted by atomic mass is 9.82. The summed E-state index contributed by atoms with van der Waals surface area (Å²) in [5, 5.41) is 19.4. The first-order valence-corrected chi connectivity index (χ1v) is 9.89. The van der Waals surface area contributed by atoms with Crippen LogP contribution < -0.4 is 0 Å². The first-order chi connectivity index (χ1) is 12.6. The Morgan fingerprint density at radius 1 is 0.852 bits per heavy atom. The van der Waals surface area contributed by atoms with Gasteiger partial charge in [-0.15, -0.1) is 0 Å². The summed E-state index contributed by atoms with van der Waals surface area (Å²) < 4.78 is 14.7. The predicted octanol–water partition coefficient (Wildman–Crippen LogP) is 5.81. The fourth-order valence-corrected chi connectivity index (χ4v) is 3.49. The molecule has 0 spiro atoms. The number of hydrogen-bond donors (Lipinski definition) is 2. The Balaban J connectivity index is 3.20. The predicted molar refractivity (Wildman–Crippen MR) is 105 cm³/mol. The highest BCUT2D eigenvalue weighted by atomic mass is 19.1. The van der Waals surface area contributed by atoms with Crippen molar-refractivity contribution in [2.45, 2.75) is 78.1 Å². The van der Waals surface area contributed by atoms with Crippen molar-refractivity contribution in [2.24, 2.45) is 11.8 Å². The van der Waals surface area contributed by atoms with E-state index in [0.29, 0.717) is 43.1 Å². The molecule has 0 aliphatic carbocycles. The summed E-state index contributed by atoms with van der Waals surface area (Å²) >= 11 is 0. The summed E-state index contributed by atoms with van der Waals surface area (Å²) in [5.41, 5.74) is 0.355. The van der Waals surface area contributed by atoms with Crippen LogP contribution in [-0.2, 0) is 9.59 Å². The van der Waals surface area contributed by atoms with Crippen molar-refractivity contribution in [3.05, 3.63) is 35.1 Å². The van der Waals surface area contributed by atoms with E-state index in [4.69, 9.17) is 0 Å². The average molecular weight is 381 g/mol. The van der Waals surface area contributed by atoms with Crippen LogP contribution in [0.3, 0.4) is 0 Å². The molecule has 1 rings (SSSR count). The van der Waals surface area contributed by atoms with Crippen LogP contribution in [-0.4, -0.2) is 22.2 Å². The van der Waals surface area contributed by atoms with E-state index in [1.54, 1.807) is 6.07 Å². The third-order valence-corrected chi connectivity index (χ3v) is 4.96. The third-order valence-electron chi connectivity index (χ3n) is 4.96. The Kier molecular flexibility index (Phi) is 9.47. The van der Waals surface area contributed by atoms with E-state index < -0.39 is 29.6 Å². The van der Waals surface area contributed by atoms with Gasteiger partial charge in [0, 0.05) is 5.56 Å². The molecule has 0 amide bonds. The van der Waals surface area contributed by atoms with Gasteiger partial charge in [0.15, 0.2) is 0 Å². The Hall–Kier alpha value is -1.91. The maximum Gasteiger partial charge on any atom is 0.311 e. The molecular weight excluding hydrogens is 347 g/mol. The topological polar surface area (TPSA) is 74.6 Å². The minimum Gasteiger partial charge on any atom is -0.481 e. The molecule has 152 valence electrons. The van der Waals surface area contributed by atoms with E-state index >= 15 is 0 Å². The van der Waals surface area contributed by atoms with Gasteiger partial charge in [-0.1, -0.05) is 65.5 Å². The molecule has 0 bridgehead atoms. The zero-order valence-electron chi connectivity index (χ0n) is 16.9. The molecule has 27 heavy (non-hydrogen) atoms. The average Bonchev–Trinajstić information content (AvgIpc) is 2.55. The third kappa shape index (κ3) is 7.31. The SMILES string of the molecule is CC(C)CCCC(C(=O)O)c1cccc(F)c1C(CCCC(C)C)C(=O)O. The molecule has 0 heterocycles. The molecule has 0 aromatic heterocycles. The molecule has 4 nitrogen and oxygen atoms in total. The summed E-state index contributed by atoms with van der Waals surface area (Å²) in [6, 6.07) is 4.27. The first kappa shape index (κ1) is 23.1. The first-order valence-electron chi connectivity index (χ1n) is 9.89. The van der Waals surface area contributed by atoms with Crippen LogP contribution in [0.1, 0.15) is 89.2 Å². The summed E-state index contributed by atoms with van der Waals surface area (Å²) in [4.78, 5) is 23.7. The number of hydrogen-bond acceptors (Lipinski definition) is 2. The highest BCUT2D eigenvalue weighted by molar-refractivity contribution is 5.80. The van der Waals surface area contributed by atoms with E-state index in [0.717, 1.165) is 12.8 Å². The maximum absolute atomic E-state index is 14.7. The molecule has 0 saturated carbocycles. The second-order valence-electron chi connectivity index (χ2n) is 8.17. The van der Waals surface area contributed by atoms with Gasteiger partial charge in [-0.2, -0.15) is 0 Å². The van der Waals surface area contributed by atoms with Crippen molar-refractivity contribution < 1.29 is 24.2 Å². The van der Waals surface area contributed by atoms with Gasteiger partial charge in [0.2, 0.25) is 0 Å². The summed E-state index contributed by atoms with van der Waals surface area (Å²) in [5.74, 6) is -3.78. The van der Waals surface area contributed by atoms with E-state index in [-0.39, 0.29) is 5.56 Å². The Morgan fingerprint density at radius 3 is 1.78 bits per heavy atom. The summed E-state index contributed by atoms with van der Waals surface area (Å²) in [7, 11) is 0. The smallest absolute Gasteiger partial charge is 0.311 e. The number of halogens is 1. The second kappa shape index (κ2) is 11.1. The van der Waals surface area contributed by atoms with Crippen LogP contribution in [0.2, 0.25) is 0 Å². The number of carbonyl (C=O) groups is 2. The van der Waals surface area contributed by atoms with E-state index in [9.17, 15) is 24.2 Å². The molecule has 0 aliphatic heterocycles. The van der Waals surface area contributed by atoms with Crippen molar-refractivity contribution in [2.75, 3.05) is 0 Å². The van der Waals surface area contributed by atoms with Crippen molar-refractivity contribution in [3.63, 3.8) is 0 Å².